The van der Waals surface area contributed by atoms with E-state index in [1.54, 1.807) is 0 Å². The summed E-state index contributed by atoms with van der Waals surface area (Å²) < 4.78 is 37.4. The fourth-order valence-corrected chi connectivity index (χ4v) is 3.26. The maximum absolute atomic E-state index is 13.1. The van der Waals surface area contributed by atoms with Crippen molar-refractivity contribution in [2.75, 3.05) is 0 Å². The molecule has 86 valence electrons. The molecular weight excluding hydrogens is 229 g/mol. The van der Waals surface area contributed by atoms with E-state index in [2.05, 4.69) is 6.58 Å². The smallest absolute Gasteiger partial charge is 0.211 e. The fraction of sp³-hybridized carbons (Fsp3) is 0.167. The Morgan fingerprint density at radius 2 is 1.94 bits per heavy atom. The molecule has 1 aromatic carbocycles. The molecule has 0 heterocycles. The number of hydrogen-bond donors (Lipinski definition) is 0. The molecular formula is C12H13F3Si. The molecule has 0 fully saturated rings. The van der Waals surface area contributed by atoms with Crippen molar-refractivity contribution in [1.29, 1.82) is 0 Å². The van der Waals surface area contributed by atoms with E-state index in [0.717, 1.165) is 11.1 Å². The second kappa shape index (κ2) is 5.70. The molecule has 0 aliphatic carbocycles. The molecule has 0 saturated heterocycles. The Morgan fingerprint density at radius 3 is 2.44 bits per heavy atom. The zero-order valence-corrected chi connectivity index (χ0v) is 10.2. The summed E-state index contributed by atoms with van der Waals surface area (Å²) in [5, 5.41) is 0. The molecule has 4 heteroatoms. The first-order valence-electron chi connectivity index (χ1n) is 4.94. The van der Waals surface area contributed by atoms with Gasteiger partial charge in [0, 0.05) is 0 Å². The highest BCUT2D eigenvalue weighted by molar-refractivity contribution is 6.70. The van der Waals surface area contributed by atoms with Gasteiger partial charge in [-0.1, -0.05) is 30.0 Å². The molecule has 0 aliphatic rings. The van der Waals surface area contributed by atoms with Gasteiger partial charge in [-0.3, -0.25) is 0 Å². The van der Waals surface area contributed by atoms with E-state index in [9.17, 15) is 13.2 Å². The highest BCUT2D eigenvalue weighted by Gasteiger charge is 2.19. The normalized spacial score (nSPS) is 12.0. The minimum Gasteiger partial charge on any atom is -0.211 e. The van der Waals surface area contributed by atoms with Crippen LogP contribution in [0.4, 0.5) is 13.2 Å². The van der Waals surface area contributed by atoms with Gasteiger partial charge in [0.05, 0.1) is 0 Å². The molecule has 0 aliphatic heterocycles. The number of halogens is 3. The Kier molecular flexibility index (Phi) is 4.55. The van der Waals surface area contributed by atoms with Gasteiger partial charge in [-0.25, -0.2) is 4.39 Å². The van der Waals surface area contributed by atoms with Crippen LogP contribution in [0.2, 0.25) is 0 Å². The van der Waals surface area contributed by atoms with Crippen LogP contribution in [0.1, 0.15) is 11.1 Å². The summed E-state index contributed by atoms with van der Waals surface area (Å²) in [7, 11) is -2.39. The predicted molar refractivity (Wildman–Crippen MR) is 62.6 cm³/mol. The van der Waals surface area contributed by atoms with Crippen molar-refractivity contribution in [3.8, 4) is 0 Å². The van der Waals surface area contributed by atoms with Crippen LogP contribution in [0, 0.1) is 6.92 Å². The summed E-state index contributed by atoms with van der Waals surface area (Å²) in [6.45, 7) is 5.33. The monoisotopic (exact) mass is 242 g/mol. The summed E-state index contributed by atoms with van der Waals surface area (Å²) in [5.74, 6) is 0. The van der Waals surface area contributed by atoms with Crippen LogP contribution < -0.4 is 0 Å². The molecule has 16 heavy (non-hydrogen) atoms. The Morgan fingerprint density at radius 1 is 1.31 bits per heavy atom. The first-order valence-corrected chi connectivity index (χ1v) is 7.00. The first kappa shape index (κ1) is 12.8. The van der Waals surface area contributed by atoms with E-state index < -0.39 is 20.3 Å². The Balaban J connectivity index is 2.91. The van der Waals surface area contributed by atoms with Crippen LogP contribution in [0.25, 0.3) is 0 Å². The van der Waals surface area contributed by atoms with E-state index in [1.807, 2.05) is 31.2 Å². The molecule has 0 spiro atoms. The quantitative estimate of drug-likeness (QED) is 0.707. The maximum atomic E-state index is 13.1. The van der Waals surface area contributed by atoms with Gasteiger partial charge in [0.1, 0.15) is 14.2 Å². The van der Waals surface area contributed by atoms with Gasteiger partial charge in [-0.2, -0.15) is 8.78 Å². The van der Waals surface area contributed by atoms with Crippen molar-refractivity contribution in [1.82, 2.24) is 0 Å². The molecule has 0 radical (unpaired) electrons. The average Bonchev–Trinajstić information content (AvgIpc) is 2.27. The third-order valence-corrected chi connectivity index (χ3v) is 4.81. The zero-order valence-electron chi connectivity index (χ0n) is 9.01. The van der Waals surface area contributed by atoms with Crippen LogP contribution in [0.15, 0.2) is 48.1 Å². The Hall–Kier alpha value is -1.29. The Labute approximate surface area is 94.7 Å². The van der Waals surface area contributed by atoms with Gasteiger partial charge in [-0.15, -0.1) is 6.58 Å². The summed E-state index contributed by atoms with van der Waals surface area (Å²) in [6.07, 6.45) is -2.20. The predicted octanol–water partition coefficient (Wildman–Crippen LogP) is 3.65. The van der Waals surface area contributed by atoms with Crippen molar-refractivity contribution in [2.45, 2.75) is 13.0 Å². The van der Waals surface area contributed by atoms with E-state index in [0.29, 0.717) is 6.04 Å². The third kappa shape index (κ3) is 3.10. The molecule has 0 N–H and O–H groups in total. The summed E-state index contributed by atoms with van der Waals surface area (Å²) in [6, 6.07) is 7.76. The van der Waals surface area contributed by atoms with Crippen LogP contribution in [-0.2, 0) is 6.04 Å². The molecule has 1 rings (SSSR count). The molecule has 0 aromatic heterocycles. The summed E-state index contributed by atoms with van der Waals surface area (Å²) >= 11 is 0. The Bertz CT molecular complexity index is 408. The first-order chi connectivity index (χ1) is 7.56. The number of hydrogen-bond acceptors (Lipinski definition) is 0. The van der Waals surface area contributed by atoms with Gasteiger partial charge in [-0.05, 0) is 24.1 Å². The molecule has 0 nitrogen and oxygen atoms in total. The largest absolute Gasteiger partial charge is 0.296 e. The van der Waals surface area contributed by atoms with Crippen molar-refractivity contribution >= 4 is 8.80 Å². The van der Waals surface area contributed by atoms with Crippen molar-refractivity contribution < 1.29 is 13.2 Å². The van der Waals surface area contributed by atoms with Gasteiger partial charge in [0.2, 0.25) is 0 Å². The zero-order chi connectivity index (χ0) is 12.1. The molecule has 0 bridgehead atoms. The van der Waals surface area contributed by atoms with E-state index >= 15 is 0 Å². The standard InChI is InChI=1S/C12H13F3Si/c1-3-16(12(15)11(13)14)8-10-7-5-4-6-9(10)2/h3-7,16H,1,8H2,2H3. The second-order valence-electron chi connectivity index (χ2n) is 3.58. The van der Waals surface area contributed by atoms with Crippen molar-refractivity contribution in [2.24, 2.45) is 0 Å². The van der Waals surface area contributed by atoms with E-state index in [1.165, 1.54) is 5.70 Å². The summed E-state index contributed by atoms with van der Waals surface area (Å²) in [4.78, 5) is 0. The van der Waals surface area contributed by atoms with Crippen LogP contribution in [-0.4, -0.2) is 8.80 Å². The number of aryl methyl sites for hydroxylation is 1. The maximum Gasteiger partial charge on any atom is 0.296 e. The summed E-state index contributed by atoms with van der Waals surface area (Å²) in [5.41, 5.74) is 2.00. The van der Waals surface area contributed by atoms with E-state index in [-0.39, 0.29) is 0 Å². The van der Waals surface area contributed by atoms with Gasteiger partial charge in [0.25, 0.3) is 6.08 Å². The lowest BCUT2D eigenvalue weighted by molar-refractivity contribution is 0.392. The topological polar surface area (TPSA) is 0 Å². The van der Waals surface area contributed by atoms with Crippen molar-refractivity contribution in [3.63, 3.8) is 0 Å². The molecule has 0 amide bonds. The molecule has 1 atom stereocenters. The second-order valence-corrected chi connectivity index (χ2v) is 6.18. The fourth-order valence-electron chi connectivity index (χ4n) is 1.49. The lowest BCUT2D eigenvalue weighted by atomic mass is 10.1. The highest BCUT2D eigenvalue weighted by Crippen LogP contribution is 2.18. The highest BCUT2D eigenvalue weighted by atomic mass is 28.3. The lowest BCUT2D eigenvalue weighted by Crippen LogP contribution is -2.16. The van der Waals surface area contributed by atoms with Crippen LogP contribution in [0.3, 0.4) is 0 Å². The van der Waals surface area contributed by atoms with Gasteiger partial charge in [0.15, 0.2) is 0 Å². The van der Waals surface area contributed by atoms with Crippen LogP contribution >= 0.6 is 0 Å². The van der Waals surface area contributed by atoms with Gasteiger partial charge >= 0.3 is 0 Å². The number of rotatable bonds is 4. The van der Waals surface area contributed by atoms with E-state index in [4.69, 9.17) is 0 Å². The van der Waals surface area contributed by atoms with Crippen LogP contribution in [0.5, 0.6) is 0 Å². The third-order valence-electron chi connectivity index (χ3n) is 2.49. The molecule has 1 unspecified atom stereocenters. The minimum atomic E-state index is -2.39. The average molecular weight is 242 g/mol. The SMILES string of the molecule is C=C[SiH](Cc1ccccc1C)C(F)=C(F)F. The van der Waals surface area contributed by atoms with Gasteiger partial charge < -0.3 is 0 Å². The minimum absolute atomic E-state index is 0.347. The molecule has 0 saturated carbocycles. The molecule has 1 aromatic rings. The lowest BCUT2D eigenvalue weighted by Gasteiger charge is -2.10. The van der Waals surface area contributed by atoms with Crippen molar-refractivity contribution in [3.05, 3.63) is 59.2 Å². The number of benzene rings is 1.